The summed E-state index contributed by atoms with van der Waals surface area (Å²) in [5.74, 6) is -0.939. The van der Waals surface area contributed by atoms with Crippen molar-refractivity contribution in [1.29, 1.82) is 0 Å². The molecule has 0 saturated heterocycles. The summed E-state index contributed by atoms with van der Waals surface area (Å²) in [5, 5.41) is 8.64. The fourth-order valence-corrected chi connectivity index (χ4v) is 2.75. The first kappa shape index (κ1) is 14.5. The molecule has 0 aliphatic carbocycles. The average Bonchev–Trinajstić information content (AvgIpc) is 2.68. The highest BCUT2D eigenvalue weighted by Gasteiger charge is 2.34. The summed E-state index contributed by atoms with van der Waals surface area (Å²) in [4.78, 5) is 35.8. The highest BCUT2D eigenvalue weighted by Crippen LogP contribution is 2.22. The maximum Gasteiger partial charge on any atom is 0.321 e. The molecular weight excluding hydrogens is 280 g/mol. The van der Waals surface area contributed by atoms with Crippen LogP contribution in [0.1, 0.15) is 20.7 Å². The van der Waals surface area contributed by atoms with E-state index in [4.69, 9.17) is 10.8 Å². The van der Waals surface area contributed by atoms with Gasteiger partial charge in [0.25, 0.3) is 11.8 Å². The van der Waals surface area contributed by atoms with Crippen LogP contribution in [0, 0.1) is 0 Å². The summed E-state index contributed by atoms with van der Waals surface area (Å²) in [6, 6.07) is 5.76. The molecule has 0 radical (unpaired) electrons. The molecule has 0 bridgehead atoms. The predicted molar refractivity (Wildman–Crippen MR) is 74.7 cm³/mol. The van der Waals surface area contributed by atoms with Gasteiger partial charge in [0.1, 0.15) is 6.04 Å². The molecule has 2 rings (SSSR count). The van der Waals surface area contributed by atoms with E-state index in [0.717, 1.165) is 0 Å². The summed E-state index contributed by atoms with van der Waals surface area (Å²) in [6.07, 6.45) is 0. The third-order valence-corrected chi connectivity index (χ3v) is 4.02. The van der Waals surface area contributed by atoms with Crippen LogP contribution in [0.5, 0.6) is 0 Å². The summed E-state index contributed by atoms with van der Waals surface area (Å²) >= 11 is 1.31. The molecule has 0 fully saturated rings. The van der Waals surface area contributed by atoms with Crippen molar-refractivity contribution in [3.8, 4) is 0 Å². The number of aliphatic carboxylic acids is 1. The second-order valence-corrected chi connectivity index (χ2v) is 5.48. The number of amides is 2. The largest absolute Gasteiger partial charge is 0.480 e. The topological polar surface area (TPSA) is 101 Å². The fraction of sp³-hybridized carbons (Fsp3) is 0.308. The second-order valence-electron chi connectivity index (χ2n) is 4.33. The monoisotopic (exact) mass is 294 g/mol. The van der Waals surface area contributed by atoms with Gasteiger partial charge in [-0.15, -0.1) is 0 Å². The van der Waals surface area contributed by atoms with Crippen LogP contribution in [-0.2, 0) is 4.79 Å². The van der Waals surface area contributed by atoms with E-state index in [1.807, 2.05) is 0 Å². The number of rotatable bonds is 6. The van der Waals surface area contributed by atoms with E-state index in [-0.39, 0.29) is 24.1 Å². The SMILES string of the molecule is NC(CSCCN1C(=O)c2ccccc2C1=O)C(=O)O. The molecule has 106 valence electrons. The number of hydrogen-bond donors (Lipinski definition) is 2. The molecule has 1 aliphatic rings. The normalized spacial score (nSPS) is 15.3. The first-order valence-corrected chi connectivity index (χ1v) is 7.19. The first-order valence-electron chi connectivity index (χ1n) is 6.03. The number of benzene rings is 1. The molecule has 0 aromatic heterocycles. The van der Waals surface area contributed by atoms with E-state index in [0.29, 0.717) is 16.9 Å². The Morgan fingerprint density at radius 3 is 2.30 bits per heavy atom. The zero-order chi connectivity index (χ0) is 14.7. The molecular formula is C13H14N2O4S. The Balaban J connectivity index is 1.88. The van der Waals surface area contributed by atoms with E-state index in [9.17, 15) is 14.4 Å². The smallest absolute Gasteiger partial charge is 0.321 e. The molecule has 0 saturated carbocycles. The standard InChI is InChI=1S/C13H14N2O4S/c14-10(13(18)19)7-20-6-5-15-11(16)8-3-1-2-4-9(8)12(15)17/h1-4,10H,5-7,14H2,(H,18,19). The van der Waals surface area contributed by atoms with Crippen molar-refractivity contribution >= 4 is 29.5 Å². The van der Waals surface area contributed by atoms with Crippen LogP contribution in [0.3, 0.4) is 0 Å². The van der Waals surface area contributed by atoms with Crippen molar-refractivity contribution in [1.82, 2.24) is 4.90 Å². The number of nitrogens with zero attached hydrogens (tertiary/aromatic N) is 1. The number of thioether (sulfide) groups is 1. The van der Waals surface area contributed by atoms with Crippen LogP contribution in [0.2, 0.25) is 0 Å². The van der Waals surface area contributed by atoms with Crippen LogP contribution in [0.15, 0.2) is 24.3 Å². The van der Waals surface area contributed by atoms with E-state index >= 15 is 0 Å². The maximum absolute atomic E-state index is 12.0. The van der Waals surface area contributed by atoms with Crippen LogP contribution in [0.4, 0.5) is 0 Å². The molecule has 2 amide bonds. The Morgan fingerprint density at radius 2 is 1.80 bits per heavy atom. The highest BCUT2D eigenvalue weighted by molar-refractivity contribution is 7.99. The number of hydrogen-bond acceptors (Lipinski definition) is 5. The molecule has 20 heavy (non-hydrogen) atoms. The number of carboxylic acid groups (broad SMARTS) is 1. The lowest BCUT2D eigenvalue weighted by Gasteiger charge is -2.13. The fourth-order valence-electron chi connectivity index (χ4n) is 1.88. The third-order valence-electron chi connectivity index (χ3n) is 2.95. The number of imide groups is 1. The summed E-state index contributed by atoms with van der Waals surface area (Å²) < 4.78 is 0. The van der Waals surface area contributed by atoms with Gasteiger partial charge in [-0.25, -0.2) is 0 Å². The predicted octanol–water partition coefficient (Wildman–Crippen LogP) is 0.428. The number of carboxylic acids is 1. The van der Waals surface area contributed by atoms with Crippen molar-refractivity contribution < 1.29 is 19.5 Å². The minimum Gasteiger partial charge on any atom is -0.480 e. The third kappa shape index (κ3) is 2.83. The molecule has 3 N–H and O–H groups in total. The average molecular weight is 294 g/mol. The second kappa shape index (κ2) is 6.06. The van der Waals surface area contributed by atoms with Gasteiger partial charge in [0, 0.05) is 18.1 Å². The lowest BCUT2D eigenvalue weighted by Crippen LogP contribution is -2.34. The molecule has 1 aromatic rings. The van der Waals surface area contributed by atoms with Gasteiger partial charge in [-0.2, -0.15) is 11.8 Å². The first-order chi connectivity index (χ1) is 9.52. The summed E-state index contributed by atoms with van der Waals surface area (Å²) in [5.41, 5.74) is 6.21. The van der Waals surface area contributed by atoms with Crippen molar-refractivity contribution in [2.24, 2.45) is 5.73 Å². The Hall–Kier alpha value is -1.86. The van der Waals surface area contributed by atoms with E-state index in [2.05, 4.69) is 0 Å². The molecule has 1 aliphatic heterocycles. The van der Waals surface area contributed by atoms with Gasteiger partial charge in [0.15, 0.2) is 0 Å². The quantitative estimate of drug-likeness (QED) is 0.583. The van der Waals surface area contributed by atoms with Gasteiger partial charge in [-0.1, -0.05) is 12.1 Å². The van der Waals surface area contributed by atoms with Crippen LogP contribution >= 0.6 is 11.8 Å². The molecule has 1 atom stereocenters. The number of fused-ring (bicyclic) bond motifs is 1. The Bertz CT molecular complexity index is 526. The minimum atomic E-state index is -1.06. The van der Waals surface area contributed by atoms with E-state index < -0.39 is 12.0 Å². The molecule has 1 aromatic carbocycles. The number of nitrogens with two attached hydrogens (primary N) is 1. The summed E-state index contributed by atoms with van der Waals surface area (Å²) in [6.45, 7) is 0.253. The minimum absolute atomic E-state index is 0.249. The van der Waals surface area contributed by atoms with Gasteiger partial charge >= 0.3 is 5.97 Å². The van der Waals surface area contributed by atoms with Crippen LogP contribution in [-0.4, -0.2) is 51.9 Å². The van der Waals surface area contributed by atoms with Gasteiger partial charge in [0.2, 0.25) is 0 Å². The van der Waals surface area contributed by atoms with Gasteiger partial charge in [-0.3, -0.25) is 19.3 Å². The summed E-state index contributed by atoms with van der Waals surface area (Å²) in [7, 11) is 0. The van der Waals surface area contributed by atoms with E-state index in [1.165, 1.54) is 16.7 Å². The maximum atomic E-state index is 12.0. The molecule has 0 spiro atoms. The van der Waals surface area contributed by atoms with Crippen molar-refractivity contribution in [2.75, 3.05) is 18.1 Å². The van der Waals surface area contributed by atoms with Crippen molar-refractivity contribution in [2.45, 2.75) is 6.04 Å². The molecule has 6 nitrogen and oxygen atoms in total. The molecule has 1 unspecified atom stereocenters. The lowest BCUT2D eigenvalue weighted by molar-refractivity contribution is -0.137. The number of carbonyl (C=O) groups is 3. The van der Waals surface area contributed by atoms with E-state index in [1.54, 1.807) is 24.3 Å². The van der Waals surface area contributed by atoms with Crippen molar-refractivity contribution in [3.63, 3.8) is 0 Å². The molecule has 7 heteroatoms. The Morgan fingerprint density at radius 1 is 1.25 bits per heavy atom. The van der Waals surface area contributed by atoms with Crippen molar-refractivity contribution in [3.05, 3.63) is 35.4 Å². The van der Waals surface area contributed by atoms with Crippen LogP contribution < -0.4 is 5.73 Å². The Kier molecular flexibility index (Phi) is 4.41. The highest BCUT2D eigenvalue weighted by atomic mass is 32.2. The zero-order valence-electron chi connectivity index (χ0n) is 10.6. The Labute approximate surface area is 119 Å². The lowest BCUT2D eigenvalue weighted by atomic mass is 10.1. The molecule has 1 heterocycles. The van der Waals surface area contributed by atoms with Crippen LogP contribution in [0.25, 0.3) is 0 Å². The number of carbonyl (C=O) groups excluding carboxylic acids is 2. The van der Waals surface area contributed by atoms with Gasteiger partial charge in [0.05, 0.1) is 11.1 Å². The van der Waals surface area contributed by atoms with Gasteiger partial charge in [-0.05, 0) is 12.1 Å². The van der Waals surface area contributed by atoms with Gasteiger partial charge < -0.3 is 10.8 Å². The zero-order valence-corrected chi connectivity index (χ0v) is 11.4.